The summed E-state index contributed by atoms with van der Waals surface area (Å²) in [5, 5.41) is 3.39. The van der Waals surface area contributed by atoms with Crippen molar-refractivity contribution in [3.8, 4) is 11.8 Å². The Morgan fingerprint density at radius 1 is 0.857 bits per heavy atom. The molecule has 3 rings (SSSR count). The largest absolute Gasteiger partial charge is 0.351 e. The number of hydrogen-bond donors (Lipinski definition) is 2. The number of hydrogen-bond acceptors (Lipinski definition) is 2. The number of anilines is 1. The lowest BCUT2D eigenvalue weighted by atomic mass is 9.96. The van der Waals surface area contributed by atoms with Crippen LogP contribution in [0.5, 0.6) is 0 Å². The van der Waals surface area contributed by atoms with Gasteiger partial charge in [-0.3, -0.25) is 4.79 Å². The number of carbonyl (C=O) groups excluding carboxylic acids is 2. The number of urea groups is 1. The summed E-state index contributed by atoms with van der Waals surface area (Å²) in [7, 11) is 0. The third-order valence-corrected chi connectivity index (χ3v) is 4.44. The van der Waals surface area contributed by atoms with Gasteiger partial charge in [0.1, 0.15) is 0 Å². The van der Waals surface area contributed by atoms with Crippen molar-refractivity contribution in [3.05, 3.63) is 99.0 Å². The Bertz CT molecular complexity index is 1110. The molecule has 3 aromatic rings. The molecule has 0 aliphatic rings. The SMILES string of the molecule is NC(=O)Nc1cccc(C#Cc2ccc(Cl)cc2)c1C(=O)c1ccccc1Cl. The fourth-order valence-corrected chi connectivity index (χ4v) is 2.94. The van der Waals surface area contributed by atoms with E-state index in [4.69, 9.17) is 28.9 Å². The normalized spacial score (nSPS) is 9.93. The molecule has 4 nitrogen and oxygen atoms in total. The molecule has 2 amide bonds. The van der Waals surface area contributed by atoms with Crippen molar-refractivity contribution in [2.24, 2.45) is 5.73 Å². The molecule has 0 aromatic heterocycles. The van der Waals surface area contributed by atoms with E-state index in [0.29, 0.717) is 21.2 Å². The van der Waals surface area contributed by atoms with Crippen LogP contribution in [0.2, 0.25) is 10.0 Å². The van der Waals surface area contributed by atoms with E-state index in [2.05, 4.69) is 17.2 Å². The number of amides is 2. The predicted octanol–water partition coefficient (Wildman–Crippen LogP) is 5.11. The molecule has 6 heteroatoms. The average molecular weight is 409 g/mol. The zero-order chi connectivity index (χ0) is 20.1. The molecule has 0 aliphatic carbocycles. The molecule has 0 aliphatic heterocycles. The molecule has 0 radical (unpaired) electrons. The summed E-state index contributed by atoms with van der Waals surface area (Å²) in [6, 6.07) is 17.9. The van der Waals surface area contributed by atoms with Crippen LogP contribution in [0, 0.1) is 11.8 Å². The Balaban J connectivity index is 2.13. The van der Waals surface area contributed by atoms with Gasteiger partial charge >= 0.3 is 6.03 Å². The van der Waals surface area contributed by atoms with E-state index in [1.807, 2.05) is 0 Å². The van der Waals surface area contributed by atoms with Gasteiger partial charge in [-0.05, 0) is 48.5 Å². The van der Waals surface area contributed by atoms with Crippen molar-refractivity contribution in [1.82, 2.24) is 0 Å². The first-order valence-corrected chi connectivity index (χ1v) is 8.97. The molecule has 0 bridgehead atoms. The van der Waals surface area contributed by atoms with Crippen LogP contribution in [0.4, 0.5) is 10.5 Å². The van der Waals surface area contributed by atoms with E-state index >= 15 is 0 Å². The number of primary amides is 1. The number of carbonyl (C=O) groups is 2. The molecule has 0 heterocycles. The highest BCUT2D eigenvalue weighted by molar-refractivity contribution is 6.35. The first-order valence-electron chi connectivity index (χ1n) is 8.22. The smallest absolute Gasteiger partial charge is 0.316 e. The first kappa shape index (κ1) is 19.5. The zero-order valence-corrected chi connectivity index (χ0v) is 16.0. The van der Waals surface area contributed by atoms with Crippen LogP contribution in [0.3, 0.4) is 0 Å². The van der Waals surface area contributed by atoms with Gasteiger partial charge in [-0.1, -0.05) is 53.2 Å². The van der Waals surface area contributed by atoms with Gasteiger partial charge in [0.2, 0.25) is 0 Å². The van der Waals surface area contributed by atoms with Gasteiger partial charge in [0.05, 0.1) is 16.3 Å². The second kappa shape index (κ2) is 8.62. The van der Waals surface area contributed by atoms with Gasteiger partial charge in [-0.15, -0.1) is 0 Å². The first-order chi connectivity index (χ1) is 13.5. The molecule has 3 aromatic carbocycles. The van der Waals surface area contributed by atoms with Crippen molar-refractivity contribution in [3.63, 3.8) is 0 Å². The minimum absolute atomic E-state index is 0.218. The van der Waals surface area contributed by atoms with E-state index in [-0.39, 0.29) is 17.0 Å². The standard InChI is InChI=1S/C22H14Cl2N2O2/c23-16-12-9-14(10-13-16)8-11-15-4-3-7-19(26-22(25)28)20(15)21(27)17-5-1-2-6-18(17)24/h1-7,9-10,12-13H,(H3,25,26,28). The highest BCUT2D eigenvalue weighted by Crippen LogP contribution is 2.26. The molecule has 0 atom stereocenters. The van der Waals surface area contributed by atoms with Crippen LogP contribution in [-0.2, 0) is 0 Å². The Kier molecular flexibility index (Phi) is 6.00. The molecule has 0 saturated heterocycles. The van der Waals surface area contributed by atoms with E-state index in [9.17, 15) is 9.59 Å². The Morgan fingerprint density at radius 2 is 1.57 bits per heavy atom. The Labute approximate surface area is 172 Å². The lowest BCUT2D eigenvalue weighted by Crippen LogP contribution is -2.21. The quantitative estimate of drug-likeness (QED) is 0.466. The molecule has 28 heavy (non-hydrogen) atoms. The van der Waals surface area contributed by atoms with Crippen LogP contribution < -0.4 is 11.1 Å². The fraction of sp³-hybridized carbons (Fsp3) is 0. The van der Waals surface area contributed by atoms with Gasteiger partial charge < -0.3 is 11.1 Å². The summed E-state index contributed by atoms with van der Waals surface area (Å²) in [6.07, 6.45) is 0. The molecule has 0 saturated carbocycles. The highest BCUT2D eigenvalue weighted by atomic mass is 35.5. The molecule has 0 unspecified atom stereocenters. The number of rotatable bonds is 3. The Hall–Kier alpha value is -3.26. The van der Waals surface area contributed by atoms with Crippen molar-refractivity contribution in [2.75, 3.05) is 5.32 Å². The van der Waals surface area contributed by atoms with Gasteiger partial charge in [0.25, 0.3) is 0 Å². The van der Waals surface area contributed by atoms with E-state index in [1.165, 1.54) is 0 Å². The zero-order valence-electron chi connectivity index (χ0n) is 14.5. The summed E-state index contributed by atoms with van der Waals surface area (Å²) in [5.74, 6) is 5.61. The molecular formula is C22H14Cl2N2O2. The second-order valence-electron chi connectivity index (χ2n) is 5.78. The summed E-state index contributed by atoms with van der Waals surface area (Å²) in [6.45, 7) is 0. The number of nitrogens with two attached hydrogens (primary N) is 1. The number of benzene rings is 3. The maximum absolute atomic E-state index is 13.2. The third-order valence-electron chi connectivity index (χ3n) is 3.85. The molecule has 0 spiro atoms. The van der Waals surface area contributed by atoms with Crippen molar-refractivity contribution < 1.29 is 9.59 Å². The monoisotopic (exact) mass is 408 g/mol. The van der Waals surface area contributed by atoms with E-state index in [0.717, 1.165) is 5.56 Å². The fourth-order valence-electron chi connectivity index (χ4n) is 2.59. The number of ketones is 1. The van der Waals surface area contributed by atoms with Crippen molar-refractivity contribution in [2.45, 2.75) is 0 Å². The summed E-state index contributed by atoms with van der Waals surface area (Å²) >= 11 is 12.1. The van der Waals surface area contributed by atoms with E-state index in [1.54, 1.807) is 66.7 Å². The minimum atomic E-state index is -0.781. The van der Waals surface area contributed by atoms with Gasteiger partial charge in [0.15, 0.2) is 5.78 Å². The number of nitrogens with one attached hydrogen (secondary N) is 1. The van der Waals surface area contributed by atoms with Gasteiger partial charge in [-0.2, -0.15) is 0 Å². The second-order valence-corrected chi connectivity index (χ2v) is 6.63. The summed E-state index contributed by atoms with van der Waals surface area (Å²) < 4.78 is 0. The van der Waals surface area contributed by atoms with E-state index < -0.39 is 6.03 Å². The van der Waals surface area contributed by atoms with Crippen LogP contribution in [0.25, 0.3) is 0 Å². The maximum atomic E-state index is 13.2. The van der Waals surface area contributed by atoms with Crippen LogP contribution >= 0.6 is 23.2 Å². The third kappa shape index (κ3) is 4.52. The lowest BCUT2D eigenvalue weighted by Gasteiger charge is -2.12. The van der Waals surface area contributed by atoms with Crippen molar-refractivity contribution in [1.29, 1.82) is 0 Å². The summed E-state index contributed by atoms with van der Waals surface area (Å²) in [4.78, 5) is 24.6. The highest BCUT2D eigenvalue weighted by Gasteiger charge is 2.20. The van der Waals surface area contributed by atoms with Crippen LogP contribution in [0.15, 0.2) is 66.7 Å². The minimum Gasteiger partial charge on any atom is -0.351 e. The molecule has 0 fully saturated rings. The lowest BCUT2D eigenvalue weighted by molar-refractivity contribution is 0.103. The molecular weight excluding hydrogens is 395 g/mol. The maximum Gasteiger partial charge on any atom is 0.316 e. The topological polar surface area (TPSA) is 72.2 Å². The van der Waals surface area contributed by atoms with Gasteiger partial charge in [-0.25, -0.2) is 4.79 Å². The Morgan fingerprint density at radius 3 is 2.25 bits per heavy atom. The average Bonchev–Trinajstić information content (AvgIpc) is 2.67. The summed E-state index contributed by atoms with van der Waals surface area (Å²) in [5.41, 5.74) is 7.21. The predicted molar refractivity (Wildman–Crippen MR) is 112 cm³/mol. The molecule has 138 valence electrons. The van der Waals surface area contributed by atoms with Gasteiger partial charge in [0, 0.05) is 21.7 Å². The van der Waals surface area contributed by atoms with Crippen molar-refractivity contribution >= 4 is 40.7 Å². The number of halogens is 2. The van der Waals surface area contributed by atoms with Crippen LogP contribution in [-0.4, -0.2) is 11.8 Å². The molecule has 3 N–H and O–H groups in total. The van der Waals surface area contributed by atoms with Crippen LogP contribution in [0.1, 0.15) is 27.0 Å².